The number of nitrogens with two attached hydrogens (primary N) is 8. The van der Waals surface area contributed by atoms with Crippen LogP contribution in [0.3, 0.4) is 0 Å². The summed E-state index contributed by atoms with van der Waals surface area (Å²) in [5.41, 5.74) is 45.3. The van der Waals surface area contributed by atoms with Gasteiger partial charge in [0.25, 0.3) is 0 Å². The molecule has 2 unspecified atom stereocenters. The SMILES string of the molecule is CC(=O)C[C@H](CCCNC(=N)N)C(=O)N[C@H](CCCNC(=N)N)C(=O)C[C@H](CCCNC(=N)N)C(=O)N[C@H](CCCNC(=N)N)C(=O)C[C@H](CCCNC(=N)N)C(=O)N[C@H](CCCNC(=N)N)C(=O)C[C@H](CSC1CC(=O)N(CCCCCC(=O)N[C@@H](Cc2ccccc2)C(=O)C[C@@H](CCCCN)C(=O)Nc2ccc(COC(=O)N[C@@]3(O)CC[C@H]4[C@@H]5CCC6=CC(=O)CCC6[C@H]5C(=O)C[C@@]43C)cc2)C1=O)C(N)=O. The summed E-state index contributed by atoms with van der Waals surface area (Å²) in [7, 11) is 0. The number of benzene rings is 2. The second kappa shape index (κ2) is 59.2. The van der Waals surface area contributed by atoms with Crippen molar-refractivity contribution in [2.24, 2.45) is 105 Å². The van der Waals surface area contributed by atoms with Crippen LogP contribution in [0.25, 0.3) is 0 Å². The van der Waals surface area contributed by atoms with Crippen LogP contribution in [0.2, 0.25) is 0 Å². The molecule has 46 heteroatoms. The van der Waals surface area contributed by atoms with Gasteiger partial charge in [-0.15, -0.1) is 11.8 Å². The summed E-state index contributed by atoms with van der Waals surface area (Å²) < 4.78 is 5.63. The molecule has 0 spiro atoms. The zero-order valence-electron chi connectivity index (χ0n) is 82.1. The van der Waals surface area contributed by atoms with E-state index in [-0.39, 0.29) is 245 Å². The van der Waals surface area contributed by atoms with Crippen LogP contribution in [0.15, 0.2) is 66.2 Å². The van der Waals surface area contributed by atoms with Crippen molar-refractivity contribution < 1.29 is 86.6 Å². The number of hydrogen-bond acceptors (Lipinski definition) is 26. The number of aliphatic hydroxyl groups is 1. The number of unbranched alkanes of at least 4 members (excludes halogenated alkanes) is 3. The third kappa shape index (κ3) is 39.0. The number of nitrogens with one attached hydrogen (secondary N) is 18. The highest BCUT2D eigenvalue weighted by molar-refractivity contribution is 8.00. The summed E-state index contributed by atoms with van der Waals surface area (Å²) in [5.74, 6) is -16.0. The van der Waals surface area contributed by atoms with Crippen LogP contribution in [0.4, 0.5) is 10.5 Å². The molecule has 4 aliphatic carbocycles. The van der Waals surface area contributed by atoms with Crippen molar-refractivity contribution in [1.82, 2.24) is 63.4 Å². The number of alkyl carbamates (subject to hydrolysis) is 1. The van der Waals surface area contributed by atoms with Gasteiger partial charge in [-0.2, -0.15) is 0 Å². The van der Waals surface area contributed by atoms with E-state index in [0.717, 1.165) is 40.6 Å². The number of ketones is 7. The number of likely N-dealkylation sites (tertiary alicyclic amines) is 1. The first-order chi connectivity index (χ1) is 68.0. The highest BCUT2D eigenvalue weighted by Gasteiger charge is 2.66. The van der Waals surface area contributed by atoms with E-state index in [1.54, 1.807) is 42.5 Å². The number of carbonyl (C=O) groups is 16. The number of amides is 9. The lowest BCUT2D eigenvalue weighted by atomic mass is 9.51. The Morgan fingerprint density at radius 3 is 1.45 bits per heavy atom. The minimum Gasteiger partial charge on any atom is -0.445 e. The van der Waals surface area contributed by atoms with E-state index < -0.39 is 184 Å². The number of primary amides is 1. The highest BCUT2D eigenvalue weighted by Crippen LogP contribution is 2.63. The third-order valence-electron chi connectivity index (χ3n) is 27.5. The Morgan fingerprint density at radius 2 is 0.972 bits per heavy atom. The largest absolute Gasteiger partial charge is 0.445 e. The first-order valence-corrected chi connectivity index (χ1v) is 50.6. The van der Waals surface area contributed by atoms with Gasteiger partial charge in [-0.05, 0) is 202 Å². The number of guanidine groups is 6. The number of thioether (sulfide) groups is 1. The fourth-order valence-corrected chi connectivity index (χ4v) is 21.2. The smallest absolute Gasteiger partial charge is 0.409 e. The number of carbonyl (C=O) groups excluding carboxylic acids is 16. The number of ether oxygens (including phenoxy) is 1. The normalized spacial score (nSPS) is 20.2. The number of fused-ring (bicyclic) bond motifs is 5. The van der Waals surface area contributed by atoms with Gasteiger partial charge in [0.05, 0.1) is 35.3 Å². The van der Waals surface area contributed by atoms with Crippen molar-refractivity contribution >= 4 is 147 Å². The van der Waals surface area contributed by atoms with E-state index in [0.29, 0.717) is 69.2 Å². The fraction of sp³-hybridized carbons (Fsp3) is 0.629. The fourth-order valence-electron chi connectivity index (χ4n) is 19.9. The van der Waals surface area contributed by atoms with Gasteiger partial charge in [0.15, 0.2) is 64.7 Å². The quantitative estimate of drug-likeness (QED) is 0.0147. The molecular formula is C97H151N27O18S. The second-order valence-corrected chi connectivity index (χ2v) is 39.6. The summed E-state index contributed by atoms with van der Waals surface area (Å²) in [6.07, 6.45) is 5.01. The van der Waals surface area contributed by atoms with Crippen LogP contribution in [0.1, 0.15) is 230 Å². The number of nitrogens with zero attached hydrogens (tertiary/aromatic N) is 1. The van der Waals surface area contributed by atoms with Gasteiger partial charge in [0.1, 0.15) is 23.9 Å². The minimum absolute atomic E-state index is 0.0213. The van der Waals surface area contributed by atoms with Gasteiger partial charge in [0, 0.05) is 150 Å². The van der Waals surface area contributed by atoms with Gasteiger partial charge in [-0.25, -0.2) is 4.79 Å². The van der Waals surface area contributed by atoms with Crippen LogP contribution in [0.5, 0.6) is 0 Å². The van der Waals surface area contributed by atoms with Crippen molar-refractivity contribution in [3.63, 3.8) is 0 Å². The van der Waals surface area contributed by atoms with Crippen molar-refractivity contribution in [3.8, 4) is 0 Å². The topological polar surface area (TPSA) is 801 Å². The van der Waals surface area contributed by atoms with Crippen LogP contribution >= 0.6 is 11.8 Å². The van der Waals surface area contributed by atoms with E-state index >= 15 is 4.79 Å². The van der Waals surface area contributed by atoms with Crippen molar-refractivity contribution in [2.45, 2.75) is 267 Å². The standard InChI is InChI=1S/C97H151N27O18S/c1-56(125)45-60(20-11-38-112-89(100)101)85(136)120-70(23-14-41-115-92(106)107)74(127)48-62(21-12-39-113-90(102)103)86(137)121-71(24-15-42-116-93(108)109)75(128)49-63(22-13-40-114-91(104)105)87(138)122-72(25-16-43-117-94(110)111)76(129)51-64(83(99)134)55-143-79-52-81(133)124(88(79)139)44-10-4-7-26-80(132)119-73(46-57-17-5-3-6-18-57)77(130)50-61(19-8-9-37-98)84(135)118-65-30-27-58(28-31-65)54-142-95(140)123-97(141)36-35-69-68-33-29-59-47-66(126)32-34-67(59)82(68)78(131)53-96(69,97)2/h3,5-6,17-18,27-28,30-31,47,60-64,67-73,79,82,141H,4,7-16,19-26,29,32-46,48-55,98H2,1-2H3,(H2,99,134)(H,118,135)(H,119,132)(H,120,136)(H,121,137)(H,122,138)(H,123,140)(H4,100,101,112)(H4,102,103,113)(H4,104,105,114)(H4,106,107,115)(H4,108,109,116)(H4,110,111,117)/t60-,61+,62-,63-,64+,67?,68-,69-,70+,71+,72+,73-,79?,82+,96-,97+/m0/s1. The number of anilines is 1. The molecule has 35 N–H and O–H groups in total. The number of Topliss-reactive ketones (excluding diaryl/α,β-unsaturated/α-hetero) is 6. The molecule has 3 saturated carbocycles. The van der Waals surface area contributed by atoms with Crippen molar-refractivity contribution in [2.75, 3.05) is 63.4 Å². The first kappa shape index (κ1) is 117. The Hall–Kier alpha value is -13.0. The molecule has 16 atom stereocenters. The number of hydrogen-bond donors (Lipinski definition) is 27. The van der Waals surface area contributed by atoms with Gasteiger partial charge >= 0.3 is 6.09 Å². The Kier molecular flexibility index (Phi) is 48.4. The predicted octanol–water partition coefficient (Wildman–Crippen LogP) is 1.55. The summed E-state index contributed by atoms with van der Waals surface area (Å²) in [6.45, 7) is 3.78. The Labute approximate surface area is 838 Å². The predicted molar refractivity (Wildman–Crippen MR) is 538 cm³/mol. The molecule has 1 saturated heterocycles. The molecule has 788 valence electrons. The average molecular weight is 2020 g/mol. The highest BCUT2D eigenvalue weighted by atomic mass is 32.2. The number of rotatable bonds is 66. The molecule has 45 nitrogen and oxygen atoms in total. The van der Waals surface area contributed by atoms with E-state index in [1.807, 2.05) is 25.1 Å². The molecule has 4 fully saturated rings. The van der Waals surface area contributed by atoms with Gasteiger partial charge < -0.3 is 119 Å². The summed E-state index contributed by atoms with van der Waals surface area (Å²) in [5, 5.41) is 90.0. The molecular weight excluding hydrogens is 1860 g/mol. The molecule has 0 bridgehead atoms. The van der Waals surface area contributed by atoms with E-state index in [1.165, 1.54) is 6.92 Å². The Balaban J connectivity index is 0.951. The molecule has 0 aromatic heterocycles. The van der Waals surface area contributed by atoms with E-state index in [2.05, 4.69) is 63.8 Å². The van der Waals surface area contributed by atoms with E-state index in [9.17, 15) is 77.0 Å². The van der Waals surface area contributed by atoms with Crippen LogP contribution < -0.4 is 110 Å². The number of imide groups is 1. The molecule has 0 radical (unpaired) electrons. The Bertz CT molecular complexity index is 4860. The maximum absolute atomic E-state index is 15.0. The lowest BCUT2D eigenvalue weighted by Gasteiger charge is -2.54. The zero-order chi connectivity index (χ0) is 105. The summed E-state index contributed by atoms with van der Waals surface area (Å²) in [6, 6.07) is 10.5. The molecule has 143 heavy (non-hydrogen) atoms. The minimum atomic E-state index is -1.70. The molecule has 5 aliphatic rings. The second-order valence-electron chi connectivity index (χ2n) is 38.4. The number of allylic oxidation sites excluding steroid dienone is 1. The zero-order valence-corrected chi connectivity index (χ0v) is 82.9. The molecule has 9 amide bonds. The van der Waals surface area contributed by atoms with Gasteiger partial charge in [-0.3, -0.25) is 110 Å². The molecule has 1 heterocycles. The third-order valence-corrected chi connectivity index (χ3v) is 28.9. The van der Waals surface area contributed by atoms with Gasteiger partial charge in [-0.1, -0.05) is 67.8 Å². The molecule has 2 aromatic rings. The maximum atomic E-state index is 15.0. The average Bonchev–Trinajstić information content (AvgIpc) is 1.56. The first-order valence-electron chi connectivity index (χ1n) is 49.6. The molecule has 2 aromatic carbocycles. The lowest BCUT2D eigenvalue weighted by Crippen LogP contribution is -2.62. The Morgan fingerprint density at radius 1 is 0.510 bits per heavy atom. The van der Waals surface area contributed by atoms with Crippen molar-refractivity contribution in [1.29, 1.82) is 32.5 Å². The maximum Gasteiger partial charge on any atom is 0.409 e. The summed E-state index contributed by atoms with van der Waals surface area (Å²) in [4.78, 5) is 225. The molecule has 7 rings (SSSR count). The molecule has 1 aliphatic heterocycles. The van der Waals surface area contributed by atoms with Crippen LogP contribution in [0, 0.1) is 91.1 Å². The van der Waals surface area contributed by atoms with Crippen LogP contribution in [-0.2, 0) is 89.7 Å². The lowest BCUT2D eigenvalue weighted by molar-refractivity contribution is -0.159. The monoisotopic (exact) mass is 2010 g/mol. The van der Waals surface area contributed by atoms with Crippen LogP contribution in [-0.4, -0.2) is 233 Å². The van der Waals surface area contributed by atoms with Gasteiger partial charge in [0.2, 0.25) is 47.3 Å². The summed E-state index contributed by atoms with van der Waals surface area (Å²) >= 11 is 0.935. The van der Waals surface area contributed by atoms with Crippen molar-refractivity contribution in [3.05, 3.63) is 77.4 Å². The van der Waals surface area contributed by atoms with E-state index in [4.69, 9.17) is 83.1 Å².